The molecule has 0 bridgehead atoms. The maximum atomic E-state index is 12.0. The van der Waals surface area contributed by atoms with E-state index in [-0.39, 0.29) is 5.69 Å². The number of aromatic nitrogens is 2. The lowest BCUT2D eigenvalue weighted by Crippen LogP contribution is -2.33. The lowest BCUT2D eigenvalue weighted by molar-refractivity contribution is 0.469. The molecule has 0 saturated heterocycles. The molecule has 0 amide bonds. The van der Waals surface area contributed by atoms with Crippen molar-refractivity contribution < 1.29 is 0 Å². The van der Waals surface area contributed by atoms with Gasteiger partial charge in [-0.15, -0.1) is 0 Å². The standard InChI is InChI=1S/C13H21N3O/c1-10(11-2-3-11)14-6-7-15-8-9-16(13(15)17)12-4-5-12/h8-12,14H,2-7H2,1H3. The number of nitrogens with one attached hydrogen (secondary N) is 1. The summed E-state index contributed by atoms with van der Waals surface area (Å²) in [5.41, 5.74) is 0.161. The van der Waals surface area contributed by atoms with Crippen molar-refractivity contribution in [2.75, 3.05) is 6.54 Å². The topological polar surface area (TPSA) is 39.0 Å². The molecule has 17 heavy (non-hydrogen) atoms. The zero-order valence-electron chi connectivity index (χ0n) is 10.4. The van der Waals surface area contributed by atoms with E-state index in [1.54, 1.807) is 0 Å². The highest BCUT2D eigenvalue weighted by atomic mass is 16.1. The van der Waals surface area contributed by atoms with Gasteiger partial charge in [-0.1, -0.05) is 0 Å². The minimum atomic E-state index is 0.161. The lowest BCUT2D eigenvalue weighted by Gasteiger charge is -2.12. The molecule has 1 heterocycles. The number of nitrogens with zero attached hydrogens (tertiary/aromatic N) is 2. The summed E-state index contributed by atoms with van der Waals surface area (Å²) in [6.45, 7) is 3.93. The van der Waals surface area contributed by atoms with Gasteiger partial charge in [0.05, 0.1) is 0 Å². The molecular weight excluding hydrogens is 214 g/mol. The second-order valence-electron chi connectivity index (χ2n) is 5.49. The second-order valence-corrected chi connectivity index (χ2v) is 5.49. The third kappa shape index (κ3) is 2.46. The molecule has 1 unspecified atom stereocenters. The van der Waals surface area contributed by atoms with Crippen LogP contribution in [0, 0.1) is 5.92 Å². The Balaban J connectivity index is 1.52. The van der Waals surface area contributed by atoms with E-state index in [1.807, 2.05) is 21.5 Å². The molecule has 1 atom stereocenters. The Labute approximate surface area is 102 Å². The van der Waals surface area contributed by atoms with Gasteiger partial charge in [0, 0.05) is 37.6 Å². The molecule has 1 aromatic heterocycles. The van der Waals surface area contributed by atoms with Crippen LogP contribution in [0.15, 0.2) is 17.2 Å². The molecule has 4 heteroatoms. The Kier molecular flexibility index (Phi) is 2.82. The monoisotopic (exact) mass is 235 g/mol. The average molecular weight is 235 g/mol. The average Bonchev–Trinajstić information content (AvgIpc) is 3.19. The van der Waals surface area contributed by atoms with Crippen molar-refractivity contribution in [2.45, 2.75) is 51.2 Å². The zero-order valence-corrected chi connectivity index (χ0v) is 10.4. The fourth-order valence-electron chi connectivity index (χ4n) is 2.40. The summed E-state index contributed by atoms with van der Waals surface area (Å²) in [7, 11) is 0. The van der Waals surface area contributed by atoms with Gasteiger partial charge in [0.25, 0.3) is 0 Å². The van der Waals surface area contributed by atoms with Gasteiger partial charge in [0.2, 0.25) is 0 Å². The van der Waals surface area contributed by atoms with Crippen LogP contribution in [0.4, 0.5) is 0 Å². The Morgan fingerprint density at radius 3 is 2.76 bits per heavy atom. The van der Waals surface area contributed by atoms with Crippen LogP contribution in [0.5, 0.6) is 0 Å². The fraction of sp³-hybridized carbons (Fsp3) is 0.769. The first kappa shape index (κ1) is 11.1. The Bertz CT molecular complexity index is 440. The van der Waals surface area contributed by atoms with Crippen LogP contribution >= 0.6 is 0 Å². The summed E-state index contributed by atoms with van der Waals surface area (Å²) in [6, 6.07) is 1.10. The SMILES string of the molecule is CC(NCCn1ccn(C2CC2)c1=O)C1CC1. The molecule has 1 N–H and O–H groups in total. The van der Waals surface area contributed by atoms with Gasteiger partial charge in [-0.25, -0.2) is 4.79 Å². The summed E-state index contributed by atoms with van der Waals surface area (Å²) < 4.78 is 3.70. The summed E-state index contributed by atoms with van der Waals surface area (Å²) in [6.07, 6.45) is 8.93. The van der Waals surface area contributed by atoms with E-state index in [0.29, 0.717) is 12.1 Å². The van der Waals surface area contributed by atoms with Gasteiger partial charge < -0.3 is 5.32 Å². The van der Waals surface area contributed by atoms with Gasteiger partial charge in [0.15, 0.2) is 0 Å². The van der Waals surface area contributed by atoms with Crippen LogP contribution in [0.2, 0.25) is 0 Å². The molecule has 94 valence electrons. The Hall–Kier alpha value is -1.03. The van der Waals surface area contributed by atoms with Crippen molar-refractivity contribution >= 4 is 0 Å². The maximum Gasteiger partial charge on any atom is 0.328 e. The quantitative estimate of drug-likeness (QED) is 0.809. The first-order valence-corrected chi connectivity index (χ1v) is 6.76. The van der Waals surface area contributed by atoms with Crippen LogP contribution < -0.4 is 11.0 Å². The minimum absolute atomic E-state index is 0.161. The molecule has 0 aliphatic heterocycles. The van der Waals surface area contributed by atoms with Crippen LogP contribution in [-0.2, 0) is 6.54 Å². The van der Waals surface area contributed by atoms with Crippen molar-refractivity contribution in [3.8, 4) is 0 Å². The molecule has 2 aliphatic rings. The van der Waals surface area contributed by atoms with E-state index in [9.17, 15) is 4.79 Å². The number of hydrogen-bond donors (Lipinski definition) is 1. The van der Waals surface area contributed by atoms with Crippen molar-refractivity contribution in [1.29, 1.82) is 0 Å². The summed E-state index contributed by atoms with van der Waals surface area (Å²) in [5.74, 6) is 0.878. The van der Waals surface area contributed by atoms with Crippen LogP contribution in [0.25, 0.3) is 0 Å². The number of hydrogen-bond acceptors (Lipinski definition) is 2. The molecule has 0 aromatic carbocycles. The molecule has 4 nitrogen and oxygen atoms in total. The first-order chi connectivity index (χ1) is 8.25. The Morgan fingerprint density at radius 1 is 1.35 bits per heavy atom. The van der Waals surface area contributed by atoms with E-state index < -0.39 is 0 Å². The zero-order chi connectivity index (χ0) is 11.8. The highest BCUT2D eigenvalue weighted by Gasteiger charge is 2.27. The van der Waals surface area contributed by atoms with Crippen LogP contribution in [0.1, 0.15) is 38.6 Å². The molecule has 2 fully saturated rings. The second kappa shape index (κ2) is 4.33. The van der Waals surface area contributed by atoms with E-state index in [1.165, 1.54) is 25.7 Å². The van der Waals surface area contributed by atoms with E-state index in [0.717, 1.165) is 19.0 Å². The molecular formula is C13H21N3O. The summed E-state index contributed by atoms with van der Waals surface area (Å²) in [5, 5.41) is 3.51. The van der Waals surface area contributed by atoms with Gasteiger partial charge in [-0.05, 0) is 38.5 Å². The van der Waals surface area contributed by atoms with Gasteiger partial charge in [-0.2, -0.15) is 0 Å². The van der Waals surface area contributed by atoms with Crippen LogP contribution in [0.3, 0.4) is 0 Å². The molecule has 0 radical (unpaired) electrons. The van der Waals surface area contributed by atoms with E-state index in [2.05, 4.69) is 12.2 Å². The largest absolute Gasteiger partial charge is 0.328 e. The normalized spacial score (nSPS) is 21.7. The third-order valence-corrected chi connectivity index (χ3v) is 3.96. The van der Waals surface area contributed by atoms with Gasteiger partial charge in [0.1, 0.15) is 0 Å². The molecule has 1 aromatic rings. The van der Waals surface area contributed by atoms with Crippen LogP contribution in [-0.4, -0.2) is 21.7 Å². The highest BCUT2D eigenvalue weighted by molar-refractivity contribution is 4.91. The number of rotatable bonds is 6. The molecule has 0 spiro atoms. The van der Waals surface area contributed by atoms with Crippen molar-refractivity contribution in [3.63, 3.8) is 0 Å². The van der Waals surface area contributed by atoms with E-state index in [4.69, 9.17) is 0 Å². The molecule has 2 aliphatic carbocycles. The number of imidazole rings is 1. The van der Waals surface area contributed by atoms with Crippen molar-refractivity contribution in [3.05, 3.63) is 22.9 Å². The molecule has 2 saturated carbocycles. The maximum absolute atomic E-state index is 12.0. The van der Waals surface area contributed by atoms with Gasteiger partial charge in [-0.3, -0.25) is 9.13 Å². The van der Waals surface area contributed by atoms with E-state index >= 15 is 0 Å². The minimum Gasteiger partial charge on any atom is -0.312 e. The summed E-state index contributed by atoms with van der Waals surface area (Å²) in [4.78, 5) is 12.0. The third-order valence-electron chi connectivity index (χ3n) is 3.96. The van der Waals surface area contributed by atoms with Gasteiger partial charge >= 0.3 is 5.69 Å². The predicted molar refractivity (Wildman–Crippen MR) is 67.2 cm³/mol. The summed E-state index contributed by atoms with van der Waals surface area (Å²) >= 11 is 0. The smallest absolute Gasteiger partial charge is 0.312 e. The lowest BCUT2D eigenvalue weighted by atomic mass is 10.2. The van der Waals surface area contributed by atoms with Crippen molar-refractivity contribution in [1.82, 2.24) is 14.5 Å². The molecule has 3 rings (SSSR count). The Morgan fingerprint density at radius 2 is 2.12 bits per heavy atom. The highest BCUT2D eigenvalue weighted by Crippen LogP contribution is 2.33. The van der Waals surface area contributed by atoms with Crippen molar-refractivity contribution in [2.24, 2.45) is 5.92 Å². The first-order valence-electron chi connectivity index (χ1n) is 6.76. The predicted octanol–water partition coefficient (Wildman–Crippen LogP) is 1.37. The fourth-order valence-corrected chi connectivity index (χ4v) is 2.40.